The molecule has 12 aromatic rings. The van der Waals surface area contributed by atoms with Crippen molar-refractivity contribution in [2.45, 2.75) is 12.3 Å². The molecule has 0 fully saturated rings. The summed E-state index contributed by atoms with van der Waals surface area (Å²) in [5.41, 5.74) is 20.5. The second-order valence-corrected chi connectivity index (χ2v) is 18.9. The Labute approximate surface area is 381 Å². The molecule has 0 saturated carbocycles. The lowest BCUT2D eigenvalue weighted by atomic mass is 9.73. The molecule has 1 aliphatic carbocycles. The first-order valence-electron chi connectivity index (χ1n) is 22.5. The number of fused-ring (bicyclic) bond motifs is 9. The summed E-state index contributed by atoms with van der Waals surface area (Å²) in [6.07, 6.45) is 0. The number of hydrogen-bond donors (Lipinski definition) is 0. The lowest BCUT2D eigenvalue weighted by Gasteiger charge is -2.32. The Morgan fingerprint density at radius 3 is 1.78 bits per heavy atom. The molecule has 0 N–H and O–H groups in total. The lowest BCUT2D eigenvalue weighted by Crippen LogP contribution is -2.23. The molecular formula is C62H40N2S. The predicted octanol–water partition coefficient (Wildman–Crippen LogP) is 17.3. The Balaban J connectivity index is 1.12. The summed E-state index contributed by atoms with van der Waals surface area (Å²) in [5, 5.41) is 5.16. The summed E-state index contributed by atoms with van der Waals surface area (Å²) in [6.45, 7) is 2.46. The van der Waals surface area contributed by atoms with Crippen LogP contribution in [0.5, 0.6) is 0 Å². The van der Waals surface area contributed by atoms with E-state index < -0.39 is 5.41 Å². The highest BCUT2D eigenvalue weighted by atomic mass is 32.1. The number of rotatable bonds is 6. The van der Waals surface area contributed by atoms with E-state index in [1.54, 1.807) is 0 Å². The van der Waals surface area contributed by atoms with Gasteiger partial charge in [-0.1, -0.05) is 164 Å². The smallest absolute Gasteiger partial charge is 0.0623 e. The number of anilines is 3. The third kappa shape index (κ3) is 5.22. The van der Waals surface area contributed by atoms with Crippen LogP contribution >= 0.6 is 11.3 Å². The topological polar surface area (TPSA) is 8.17 Å². The van der Waals surface area contributed by atoms with Crippen molar-refractivity contribution >= 4 is 70.4 Å². The molecule has 2 aliphatic rings. The zero-order valence-corrected chi connectivity index (χ0v) is 36.5. The van der Waals surface area contributed by atoms with Crippen molar-refractivity contribution in [1.29, 1.82) is 0 Å². The molecule has 0 radical (unpaired) electrons. The molecule has 304 valence electrons. The second kappa shape index (κ2) is 13.8. The number of hydrogen-bond acceptors (Lipinski definition) is 2. The van der Waals surface area contributed by atoms with Crippen molar-refractivity contribution in [3.63, 3.8) is 0 Å². The minimum Gasteiger partial charge on any atom is -0.310 e. The maximum Gasteiger partial charge on any atom is 0.0623 e. The number of thiophene rings is 1. The average molecular weight is 845 g/mol. The highest BCUT2D eigenvalue weighted by molar-refractivity contribution is 7.25. The molecule has 14 rings (SSSR count). The maximum atomic E-state index is 2.56. The van der Waals surface area contributed by atoms with Gasteiger partial charge in [-0.05, 0) is 118 Å². The molecule has 0 saturated heterocycles. The number of para-hydroxylation sites is 2. The summed E-state index contributed by atoms with van der Waals surface area (Å²) in [5.74, 6) is 0. The van der Waals surface area contributed by atoms with Gasteiger partial charge in [-0.25, -0.2) is 0 Å². The molecule has 10 aromatic carbocycles. The van der Waals surface area contributed by atoms with Gasteiger partial charge in [0.15, 0.2) is 0 Å². The zero-order chi connectivity index (χ0) is 42.8. The minimum absolute atomic E-state index is 0.444. The first kappa shape index (κ1) is 36.5. The fourth-order valence-electron chi connectivity index (χ4n) is 11.4. The summed E-state index contributed by atoms with van der Waals surface area (Å²) in [4.78, 5) is 2.53. The van der Waals surface area contributed by atoms with Gasteiger partial charge in [-0.3, -0.25) is 0 Å². The number of nitrogens with zero attached hydrogens (tertiary/aromatic N) is 2. The molecule has 3 heteroatoms. The second-order valence-electron chi connectivity index (χ2n) is 17.8. The molecule has 1 atom stereocenters. The van der Waals surface area contributed by atoms with E-state index >= 15 is 0 Å². The molecule has 65 heavy (non-hydrogen) atoms. The molecule has 2 nitrogen and oxygen atoms in total. The van der Waals surface area contributed by atoms with Gasteiger partial charge in [-0.2, -0.15) is 0 Å². The Hall–Kier alpha value is -7.98. The van der Waals surface area contributed by atoms with E-state index in [2.05, 4.69) is 241 Å². The normalized spacial score (nSPS) is 14.6. The first-order chi connectivity index (χ1) is 32.1. The third-order valence-electron chi connectivity index (χ3n) is 14.3. The number of aromatic nitrogens is 1. The third-order valence-corrected chi connectivity index (χ3v) is 15.5. The Kier molecular flexibility index (Phi) is 7.73. The van der Waals surface area contributed by atoms with Crippen LogP contribution < -0.4 is 4.90 Å². The van der Waals surface area contributed by atoms with Gasteiger partial charge in [0, 0.05) is 64.5 Å². The SMILES string of the molecule is CC1(c2ccccc2)c2cc(N(c3cc(-c4ccccc4)cc(-c4ccccc4)c3)c3ccc4c(c3)sc3ccccc34)cc3c2-c2c1ccc1c4ccccc4n(c21)-c1ccccc1-3. The molecule has 0 amide bonds. The van der Waals surface area contributed by atoms with Crippen LogP contribution in [0, 0.1) is 0 Å². The predicted molar refractivity (Wildman–Crippen MR) is 276 cm³/mol. The molecule has 1 unspecified atom stereocenters. The fourth-order valence-corrected chi connectivity index (χ4v) is 12.5. The van der Waals surface area contributed by atoms with Crippen LogP contribution in [0.4, 0.5) is 17.1 Å². The monoisotopic (exact) mass is 844 g/mol. The van der Waals surface area contributed by atoms with Crippen LogP contribution in [0.1, 0.15) is 23.6 Å². The van der Waals surface area contributed by atoms with E-state index in [9.17, 15) is 0 Å². The summed E-state index contributed by atoms with van der Waals surface area (Å²) >= 11 is 1.87. The van der Waals surface area contributed by atoms with E-state index in [0.29, 0.717) is 0 Å². The zero-order valence-electron chi connectivity index (χ0n) is 35.7. The van der Waals surface area contributed by atoms with Crippen molar-refractivity contribution < 1.29 is 0 Å². The Morgan fingerprint density at radius 2 is 1.02 bits per heavy atom. The fraction of sp³-hybridized carbons (Fsp3) is 0.0323. The van der Waals surface area contributed by atoms with Gasteiger partial charge in [0.05, 0.1) is 16.7 Å². The van der Waals surface area contributed by atoms with Gasteiger partial charge in [-0.15, -0.1) is 11.3 Å². The van der Waals surface area contributed by atoms with Crippen LogP contribution in [0.25, 0.3) is 92.2 Å². The van der Waals surface area contributed by atoms with Crippen molar-refractivity contribution in [1.82, 2.24) is 4.57 Å². The van der Waals surface area contributed by atoms with Gasteiger partial charge < -0.3 is 9.47 Å². The average Bonchev–Trinajstić information content (AvgIpc) is 3.97. The van der Waals surface area contributed by atoms with E-state index in [-0.39, 0.29) is 0 Å². The van der Waals surface area contributed by atoms with Crippen LogP contribution in [-0.2, 0) is 5.41 Å². The summed E-state index contributed by atoms with van der Waals surface area (Å²) in [7, 11) is 0. The highest BCUT2D eigenvalue weighted by Gasteiger charge is 2.45. The van der Waals surface area contributed by atoms with Crippen LogP contribution in [-0.4, -0.2) is 4.57 Å². The lowest BCUT2D eigenvalue weighted by molar-refractivity contribution is 0.714. The minimum atomic E-state index is -0.444. The van der Waals surface area contributed by atoms with Gasteiger partial charge in [0.2, 0.25) is 0 Å². The first-order valence-corrected chi connectivity index (χ1v) is 23.3. The van der Waals surface area contributed by atoms with Gasteiger partial charge >= 0.3 is 0 Å². The van der Waals surface area contributed by atoms with Crippen molar-refractivity contribution in [2.75, 3.05) is 4.90 Å². The summed E-state index contributed by atoms with van der Waals surface area (Å²) < 4.78 is 5.13. The van der Waals surface area contributed by atoms with Crippen LogP contribution in [0.2, 0.25) is 0 Å². The van der Waals surface area contributed by atoms with Crippen molar-refractivity contribution in [3.05, 3.63) is 241 Å². The van der Waals surface area contributed by atoms with Crippen molar-refractivity contribution in [3.8, 4) is 50.2 Å². The van der Waals surface area contributed by atoms with E-state index in [4.69, 9.17) is 0 Å². The molecule has 0 bridgehead atoms. The van der Waals surface area contributed by atoms with Crippen LogP contribution in [0.3, 0.4) is 0 Å². The standard InChI is InChI=1S/C62H40N2S/c1-62(43-21-9-4-10-22-43)53-32-31-51-47-23-11-14-26-55(47)64-56-27-15-12-24-48(56)52-36-46(37-54(62)59(52)60(53)61(51)64)63(44-29-30-50-49-25-13-16-28-57(49)65-58(50)38-44)45-34-41(39-17-5-2-6-18-39)33-42(35-45)40-19-7-3-8-20-40/h2-38H,1H3. The summed E-state index contributed by atoms with van der Waals surface area (Å²) in [6, 6.07) is 83.8. The number of benzene rings is 10. The highest BCUT2D eigenvalue weighted by Crippen LogP contribution is 2.61. The largest absolute Gasteiger partial charge is 0.310 e. The Morgan fingerprint density at radius 1 is 0.400 bits per heavy atom. The molecule has 0 spiro atoms. The van der Waals surface area contributed by atoms with E-state index in [0.717, 1.165) is 17.1 Å². The van der Waals surface area contributed by atoms with Crippen LogP contribution in [0.15, 0.2) is 224 Å². The van der Waals surface area contributed by atoms with Crippen molar-refractivity contribution in [2.24, 2.45) is 0 Å². The van der Waals surface area contributed by atoms with E-state index in [1.807, 2.05) is 11.3 Å². The quantitative estimate of drug-likeness (QED) is 0.162. The molecule has 1 aliphatic heterocycles. The Bertz CT molecular complexity index is 3840. The molecule has 3 heterocycles. The van der Waals surface area contributed by atoms with Gasteiger partial charge in [0.25, 0.3) is 0 Å². The molecule has 2 aromatic heterocycles. The van der Waals surface area contributed by atoms with E-state index in [1.165, 1.54) is 109 Å². The van der Waals surface area contributed by atoms with Gasteiger partial charge in [0.1, 0.15) is 0 Å². The molecular weight excluding hydrogens is 805 g/mol. The maximum absolute atomic E-state index is 2.56.